The fraction of sp³-hybridized carbons (Fsp3) is 0.222. The van der Waals surface area contributed by atoms with Gasteiger partial charge in [-0.1, -0.05) is 0 Å². The van der Waals surface area contributed by atoms with Crippen LogP contribution in [-0.2, 0) is 20.2 Å². The summed E-state index contributed by atoms with van der Waals surface area (Å²) in [6, 6.07) is 2.77. The van der Waals surface area contributed by atoms with Gasteiger partial charge in [0.25, 0.3) is 20.2 Å². The molecule has 1 atom stereocenters. The summed E-state index contributed by atoms with van der Waals surface area (Å²) >= 11 is 0. The van der Waals surface area contributed by atoms with E-state index in [-0.39, 0.29) is 5.56 Å². The minimum absolute atomic E-state index is 0.199. The Labute approximate surface area is 109 Å². The van der Waals surface area contributed by atoms with E-state index in [9.17, 15) is 21.6 Å². The van der Waals surface area contributed by atoms with Crippen molar-refractivity contribution >= 4 is 31.7 Å². The second-order valence-electron chi connectivity index (χ2n) is 3.75. The average Bonchev–Trinajstić information content (AvgIpc) is 2.23. The summed E-state index contributed by atoms with van der Waals surface area (Å²) in [6.07, 6.45) is 0. The van der Waals surface area contributed by atoms with Crippen molar-refractivity contribution < 1.29 is 30.7 Å². The molecule has 10 heteroatoms. The molecule has 0 aliphatic carbocycles. The van der Waals surface area contributed by atoms with Crippen molar-refractivity contribution in [3.8, 4) is 0 Å². The van der Waals surface area contributed by atoms with E-state index in [1.807, 2.05) is 0 Å². The van der Waals surface area contributed by atoms with Crippen LogP contribution in [0.1, 0.15) is 17.3 Å². The molecule has 106 valence electrons. The van der Waals surface area contributed by atoms with Crippen molar-refractivity contribution in [2.45, 2.75) is 17.1 Å². The summed E-state index contributed by atoms with van der Waals surface area (Å²) in [6.45, 7) is 0.977. The zero-order valence-corrected chi connectivity index (χ0v) is 11.3. The van der Waals surface area contributed by atoms with Gasteiger partial charge in [0.1, 0.15) is 10.1 Å². The maximum absolute atomic E-state index is 11.7. The van der Waals surface area contributed by atoms with Gasteiger partial charge in [-0.2, -0.15) is 16.8 Å². The van der Waals surface area contributed by atoms with Gasteiger partial charge >= 0.3 is 0 Å². The summed E-state index contributed by atoms with van der Waals surface area (Å²) in [4.78, 5) is 11.1. The molecule has 19 heavy (non-hydrogen) atoms. The van der Waals surface area contributed by atoms with Gasteiger partial charge in [-0.05, 0) is 25.1 Å². The van der Waals surface area contributed by atoms with Crippen LogP contribution in [0.2, 0.25) is 0 Å². The first-order valence-corrected chi connectivity index (χ1v) is 7.76. The van der Waals surface area contributed by atoms with Gasteiger partial charge in [0.05, 0.1) is 5.69 Å². The third-order valence-electron chi connectivity index (χ3n) is 2.39. The van der Waals surface area contributed by atoms with Gasteiger partial charge in [0, 0.05) is 5.56 Å². The third kappa shape index (κ3) is 3.50. The normalized spacial score (nSPS) is 14.1. The monoisotopic (exact) mass is 309 g/mol. The molecule has 1 unspecified atom stereocenters. The number of hydrogen-bond donors (Lipinski definition) is 3. The lowest BCUT2D eigenvalue weighted by Crippen LogP contribution is -2.26. The van der Waals surface area contributed by atoms with Crippen LogP contribution < -0.4 is 5.73 Å². The van der Waals surface area contributed by atoms with E-state index in [2.05, 4.69) is 0 Å². The smallest absolute Gasteiger partial charge is 0.296 e. The molecule has 0 aliphatic rings. The molecule has 0 saturated heterocycles. The van der Waals surface area contributed by atoms with Crippen LogP contribution in [-0.4, -0.2) is 37.0 Å². The second kappa shape index (κ2) is 4.89. The van der Waals surface area contributed by atoms with E-state index in [1.54, 1.807) is 0 Å². The Morgan fingerprint density at radius 2 is 1.74 bits per heavy atom. The first kappa shape index (κ1) is 15.6. The number of Topliss-reactive ketones (excluding diaryl/α,β-unsaturated/α-hetero) is 1. The molecule has 8 nitrogen and oxygen atoms in total. The second-order valence-corrected chi connectivity index (χ2v) is 6.88. The highest BCUT2D eigenvalue weighted by atomic mass is 32.2. The van der Waals surface area contributed by atoms with Crippen LogP contribution in [0.5, 0.6) is 0 Å². The maximum Gasteiger partial charge on any atom is 0.296 e. The number of carbonyl (C=O) groups is 1. The molecule has 1 aromatic rings. The average molecular weight is 309 g/mol. The van der Waals surface area contributed by atoms with Crippen LogP contribution in [0, 0.1) is 0 Å². The molecule has 1 aromatic carbocycles. The van der Waals surface area contributed by atoms with E-state index >= 15 is 0 Å². The van der Waals surface area contributed by atoms with Crippen molar-refractivity contribution in [1.82, 2.24) is 0 Å². The Bertz CT molecular complexity index is 721. The van der Waals surface area contributed by atoms with Crippen molar-refractivity contribution in [2.75, 3.05) is 5.73 Å². The largest absolute Gasteiger partial charge is 0.398 e. The van der Waals surface area contributed by atoms with Gasteiger partial charge < -0.3 is 5.73 Å². The van der Waals surface area contributed by atoms with Gasteiger partial charge in [0.2, 0.25) is 0 Å². The van der Waals surface area contributed by atoms with Crippen LogP contribution in [0.25, 0.3) is 0 Å². The summed E-state index contributed by atoms with van der Waals surface area (Å²) in [5, 5.41) is -1.71. The Kier molecular flexibility index (Phi) is 4.00. The van der Waals surface area contributed by atoms with E-state index in [0.29, 0.717) is 0 Å². The van der Waals surface area contributed by atoms with E-state index < -0.39 is 41.9 Å². The van der Waals surface area contributed by atoms with Crippen molar-refractivity contribution in [1.29, 1.82) is 0 Å². The van der Waals surface area contributed by atoms with Crippen LogP contribution in [0.15, 0.2) is 23.1 Å². The number of anilines is 1. The van der Waals surface area contributed by atoms with E-state index in [4.69, 9.17) is 14.8 Å². The Balaban J connectivity index is 3.27. The highest BCUT2D eigenvalue weighted by molar-refractivity contribution is 7.87. The molecule has 0 spiro atoms. The molecule has 0 saturated carbocycles. The third-order valence-corrected chi connectivity index (χ3v) is 4.42. The minimum atomic E-state index is -4.56. The predicted molar refractivity (Wildman–Crippen MR) is 66.0 cm³/mol. The first-order chi connectivity index (χ1) is 8.44. The molecule has 0 aliphatic heterocycles. The summed E-state index contributed by atoms with van der Waals surface area (Å²) < 4.78 is 61.0. The van der Waals surface area contributed by atoms with Crippen molar-refractivity contribution in [2.24, 2.45) is 0 Å². The summed E-state index contributed by atoms with van der Waals surface area (Å²) in [5.41, 5.74) is 4.75. The minimum Gasteiger partial charge on any atom is -0.398 e. The number of nitrogens with two attached hydrogens (primary N) is 1. The molecule has 0 fully saturated rings. The zero-order valence-electron chi connectivity index (χ0n) is 9.64. The predicted octanol–water partition coefficient (Wildman–Crippen LogP) is -0.0255. The van der Waals surface area contributed by atoms with Crippen molar-refractivity contribution in [3.05, 3.63) is 23.8 Å². The maximum atomic E-state index is 11.7. The molecule has 4 N–H and O–H groups in total. The van der Waals surface area contributed by atoms with Gasteiger partial charge in [-0.3, -0.25) is 13.9 Å². The number of rotatable bonds is 4. The standard InChI is InChI=1S/C9H11NO7S2/c1-5(18(12,13)14)9(11)6-2-3-8(7(10)4-6)19(15,16)17/h2-5H,10H2,1H3,(H,12,13,14)(H,15,16,17). The molecular formula is C9H11NO7S2. The van der Waals surface area contributed by atoms with E-state index in [0.717, 1.165) is 25.1 Å². The number of hydrogen-bond acceptors (Lipinski definition) is 6. The van der Waals surface area contributed by atoms with Crippen molar-refractivity contribution in [3.63, 3.8) is 0 Å². The molecule has 0 radical (unpaired) electrons. The number of benzene rings is 1. The topological polar surface area (TPSA) is 152 Å². The van der Waals surface area contributed by atoms with E-state index in [1.165, 1.54) is 0 Å². The lowest BCUT2D eigenvalue weighted by molar-refractivity contribution is 0.0989. The summed E-state index contributed by atoms with van der Waals surface area (Å²) in [7, 11) is -9.09. The van der Waals surface area contributed by atoms with Gasteiger partial charge in [-0.25, -0.2) is 0 Å². The van der Waals surface area contributed by atoms with Crippen LogP contribution in [0.3, 0.4) is 0 Å². The highest BCUT2D eigenvalue weighted by Gasteiger charge is 2.27. The fourth-order valence-corrected chi connectivity index (χ4v) is 2.31. The molecular weight excluding hydrogens is 298 g/mol. The van der Waals surface area contributed by atoms with Gasteiger partial charge in [-0.15, -0.1) is 0 Å². The summed E-state index contributed by atoms with van der Waals surface area (Å²) in [5.74, 6) is -0.948. The lowest BCUT2D eigenvalue weighted by Gasteiger charge is -2.09. The number of ketones is 1. The van der Waals surface area contributed by atoms with Gasteiger partial charge in [0.15, 0.2) is 5.78 Å². The molecule has 1 rings (SSSR count). The number of carbonyl (C=O) groups excluding carboxylic acids is 1. The molecule has 0 heterocycles. The molecule has 0 amide bonds. The highest BCUT2D eigenvalue weighted by Crippen LogP contribution is 2.21. The fourth-order valence-electron chi connectivity index (χ4n) is 1.31. The lowest BCUT2D eigenvalue weighted by atomic mass is 10.1. The Morgan fingerprint density at radius 1 is 1.21 bits per heavy atom. The first-order valence-electron chi connectivity index (χ1n) is 4.82. The Hall–Kier alpha value is -1.49. The number of nitrogen functional groups attached to an aromatic ring is 1. The SMILES string of the molecule is CC(C(=O)c1ccc(S(=O)(=O)O)c(N)c1)S(=O)(=O)O. The Morgan fingerprint density at radius 3 is 2.11 bits per heavy atom. The van der Waals surface area contributed by atoms with Crippen LogP contribution >= 0.6 is 0 Å². The quantitative estimate of drug-likeness (QED) is 0.398. The zero-order chi connectivity index (χ0) is 15.0. The molecule has 0 bridgehead atoms. The van der Waals surface area contributed by atoms with Crippen LogP contribution in [0.4, 0.5) is 5.69 Å². The molecule has 0 aromatic heterocycles.